The van der Waals surface area contributed by atoms with E-state index in [2.05, 4.69) is 13.8 Å². The number of halogens is 2. The Hall–Kier alpha value is -0.930. The zero-order valence-corrected chi connectivity index (χ0v) is 13.2. The second kappa shape index (κ2) is 5.82. The lowest BCUT2D eigenvalue weighted by atomic mass is 9.76. The SMILES string of the molecule is CC1(C)CCC(OC(=O)c2c(Cl)ccc(Cl)c2N)CC1. The van der Waals surface area contributed by atoms with Gasteiger partial charge in [-0.05, 0) is 43.2 Å². The molecule has 1 saturated carbocycles. The Morgan fingerprint density at radius 2 is 1.80 bits per heavy atom. The van der Waals surface area contributed by atoms with Gasteiger partial charge in [0.15, 0.2) is 0 Å². The fraction of sp³-hybridized carbons (Fsp3) is 0.533. The molecule has 0 saturated heterocycles. The summed E-state index contributed by atoms with van der Waals surface area (Å²) in [6.07, 6.45) is 3.77. The molecule has 0 radical (unpaired) electrons. The highest BCUT2D eigenvalue weighted by Crippen LogP contribution is 2.37. The minimum atomic E-state index is -0.486. The molecule has 1 fully saturated rings. The molecule has 0 aromatic heterocycles. The van der Waals surface area contributed by atoms with Crippen LogP contribution in [0, 0.1) is 5.41 Å². The third-order valence-electron chi connectivity index (χ3n) is 3.91. The van der Waals surface area contributed by atoms with Crippen LogP contribution in [0.1, 0.15) is 49.9 Å². The molecule has 0 unspecified atom stereocenters. The second-order valence-corrected chi connectivity index (χ2v) is 6.90. The van der Waals surface area contributed by atoms with Gasteiger partial charge in [-0.2, -0.15) is 0 Å². The van der Waals surface area contributed by atoms with Gasteiger partial charge in [0.25, 0.3) is 0 Å². The van der Waals surface area contributed by atoms with E-state index in [1.807, 2.05) is 0 Å². The van der Waals surface area contributed by atoms with Gasteiger partial charge < -0.3 is 10.5 Å². The molecule has 20 heavy (non-hydrogen) atoms. The van der Waals surface area contributed by atoms with E-state index in [1.165, 1.54) is 0 Å². The summed E-state index contributed by atoms with van der Waals surface area (Å²) < 4.78 is 5.53. The number of anilines is 1. The molecule has 0 aliphatic heterocycles. The van der Waals surface area contributed by atoms with Gasteiger partial charge in [-0.1, -0.05) is 37.0 Å². The summed E-state index contributed by atoms with van der Waals surface area (Å²) in [6, 6.07) is 3.12. The molecule has 0 spiro atoms. The number of nitrogen functional groups attached to an aromatic ring is 1. The summed E-state index contributed by atoms with van der Waals surface area (Å²) in [6.45, 7) is 4.47. The molecule has 1 aromatic rings. The fourth-order valence-corrected chi connectivity index (χ4v) is 2.88. The van der Waals surface area contributed by atoms with E-state index >= 15 is 0 Å². The minimum absolute atomic E-state index is 0.0648. The first-order valence-electron chi connectivity index (χ1n) is 6.74. The molecule has 0 amide bonds. The van der Waals surface area contributed by atoms with E-state index in [-0.39, 0.29) is 22.4 Å². The number of hydrogen-bond acceptors (Lipinski definition) is 3. The summed E-state index contributed by atoms with van der Waals surface area (Å²) in [5.41, 5.74) is 6.50. The molecule has 2 rings (SSSR count). The van der Waals surface area contributed by atoms with Gasteiger partial charge >= 0.3 is 5.97 Å². The molecule has 110 valence electrons. The number of rotatable bonds is 2. The van der Waals surface area contributed by atoms with Crippen LogP contribution in [0.25, 0.3) is 0 Å². The number of carbonyl (C=O) groups excluding carboxylic acids is 1. The van der Waals surface area contributed by atoms with Gasteiger partial charge in [0.2, 0.25) is 0 Å². The molecule has 0 bridgehead atoms. The van der Waals surface area contributed by atoms with Crippen molar-refractivity contribution in [2.24, 2.45) is 5.41 Å². The maximum Gasteiger partial charge on any atom is 0.342 e. The van der Waals surface area contributed by atoms with Crippen LogP contribution in [0.5, 0.6) is 0 Å². The molecule has 1 aliphatic carbocycles. The molecular weight excluding hydrogens is 297 g/mol. The van der Waals surface area contributed by atoms with E-state index in [1.54, 1.807) is 12.1 Å². The van der Waals surface area contributed by atoms with Gasteiger partial charge in [-0.25, -0.2) is 4.79 Å². The second-order valence-electron chi connectivity index (χ2n) is 6.09. The Labute approximate surface area is 129 Å². The molecule has 1 aromatic carbocycles. The Morgan fingerprint density at radius 3 is 2.40 bits per heavy atom. The summed E-state index contributed by atoms with van der Waals surface area (Å²) in [4.78, 5) is 12.2. The number of esters is 1. The highest BCUT2D eigenvalue weighted by atomic mass is 35.5. The van der Waals surface area contributed by atoms with Crippen molar-refractivity contribution >= 4 is 34.9 Å². The van der Waals surface area contributed by atoms with Crippen molar-refractivity contribution in [1.29, 1.82) is 0 Å². The molecule has 3 nitrogen and oxygen atoms in total. The third kappa shape index (κ3) is 3.39. The third-order valence-corrected chi connectivity index (χ3v) is 4.55. The van der Waals surface area contributed by atoms with E-state index < -0.39 is 5.97 Å². The van der Waals surface area contributed by atoms with Crippen LogP contribution in [-0.4, -0.2) is 12.1 Å². The average Bonchev–Trinajstić information content (AvgIpc) is 2.37. The quantitative estimate of drug-likeness (QED) is 0.635. The number of ether oxygens (including phenoxy) is 1. The van der Waals surface area contributed by atoms with E-state index in [4.69, 9.17) is 33.7 Å². The van der Waals surface area contributed by atoms with Gasteiger partial charge in [0, 0.05) is 0 Å². The summed E-state index contributed by atoms with van der Waals surface area (Å²) >= 11 is 11.9. The van der Waals surface area contributed by atoms with Crippen LogP contribution >= 0.6 is 23.2 Å². The number of nitrogens with two attached hydrogens (primary N) is 1. The van der Waals surface area contributed by atoms with Crippen molar-refractivity contribution < 1.29 is 9.53 Å². The Bertz CT molecular complexity index is 519. The van der Waals surface area contributed by atoms with Gasteiger partial charge in [-0.3, -0.25) is 0 Å². The highest BCUT2D eigenvalue weighted by Gasteiger charge is 2.30. The number of hydrogen-bond donors (Lipinski definition) is 1. The van der Waals surface area contributed by atoms with Crippen LogP contribution in [-0.2, 0) is 4.74 Å². The fourth-order valence-electron chi connectivity index (χ4n) is 2.48. The van der Waals surface area contributed by atoms with E-state index in [0.29, 0.717) is 10.4 Å². The molecular formula is C15H19Cl2NO2. The zero-order chi connectivity index (χ0) is 14.9. The van der Waals surface area contributed by atoms with Crippen molar-refractivity contribution in [2.75, 3.05) is 5.73 Å². The smallest absolute Gasteiger partial charge is 0.342 e. The van der Waals surface area contributed by atoms with Gasteiger partial charge in [0.05, 0.1) is 15.7 Å². The first kappa shape index (κ1) is 15.5. The predicted molar refractivity (Wildman–Crippen MR) is 82.3 cm³/mol. The highest BCUT2D eigenvalue weighted by molar-refractivity contribution is 6.38. The molecule has 0 heterocycles. The van der Waals surface area contributed by atoms with Crippen molar-refractivity contribution in [1.82, 2.24) is 0 Å². The lowest BCUT2D eigenvalue weighted by molar-refractivity contribution is 0.00964. The Balaban J connectivity index is 2.08. The monoisotopic (exact) mass is 315 g/mol. The van der Waals surface area contributed by atoms with Gasteiger partial charge in [0.1, 0.15) is 11.7 Å². The maximum absolute atomic E-state index is 12.2. The van der Waals surface area contributed by atoms with E-state index in [9.17, 15) is 4.79 Å². The van der Waals surface area contributed by atoms with Crippen molar-refractivity contribution in [3.63, 3.8) is 0 Å². The van der Waals surface area contributed by atoms with E-state index in [0.717, 1.165) is 25.7 Å². The summed E-state index contributed by atoms with van der Waals surface area (Å²) in [7, 11) is 0. The topological polar surface area (TPSA) is 52.3 Å². The maximum atomic E-state index is 12.2. The van der Waals surface area contributed by atoms with Gasteiger partial charge in [-0.15, -0.1) is 0 Å². The Kier molecular flexibility index (Phi) is 4.50. The molecule has 5 heteroatoms. The normalized spacial score (nSPS) is 18.8. The van der Waals surface area contributed by atoms with Crippen molar-refractivity contribution in [2.45, 2.75) is 45.6 Å². The first-order valence-corrected chi connectivity index (χ1v) is 7.50. The number of benzene rings is 1. The molecule has 1 aliphatic rings. The van der Waals surface area contributed by atoms with Crippen molar-refractivity contribution in [3.8, 4) is 0 Å². The van der Waals surface area contributed by atoms with Crippen molar-refractivity contribution in [3.05, 3.63) is 27.7 Å². The van der Waals surface area contributed by atoms with Crippen LogP contribution in [0.2, 0.25) is 10.0 Å². The lowest BCUT2D eigenvalue weighted by Gasteiger charge is -2.33. The molecule has 2 N–H and O–H groups in total. The standard InChI is InChI=1S/C15H19Cl2NO2/c1-15(2)7-5-9(6-8-15)20-14(19)12-10(16)3-4-11(17)13(12)18/h3-4,9H,5-8,18H2,1-2H3. The predicted octanol–water partition coefficient (Wildman–Crippen LogP) is 4.70. The van der Waals surface area contributed by atoms with Crippen LogP contribution in [0.4, 0.5) is 5.69 Å². The number of carbonyl (C=O) groups is 1. The summed E-state index contributed by atoms with van der Waals surface area (Å²) in [5.74, 6) is -0.486. The average molecular weight is 316 g/mol. The summed E-state index contributed by atoms with van der Waals surface area (Å²) in [5, 5.41) is 0.583. The van der Waals surface area contributed by atoms with Crippen LogP contribution in [0.3, 0.4) is 0 Å². The lowest BCUT2D eigenvalue weighted by Crippen LogP contribution is -2.28. The zero-order valence-electron chi connectivity index (χ0n) is 11.7. The largest absolute Gasteiger partial charge is 0.459 e. The first-order chi connectivity index (χ1) is 9.30. The Morgan fingerprint density at radius 1 is 1.25 bits per heavy atom. The minimum Gasteiger partial charge on any atom is -0.459 e. The van der Waals surface area contributed by atoms with Crippen LogP contribution < -0.4 is 5.73 Å². The van der Waals surface area contributed by atoms with Crippen LogP contribution in [0.15, 0.2) is 12.1 Å². The molecule has 0 atom stereocenters.